The molecule has 2 atom stereocenters. The second kappa shape index (κ2) is 5.75. The fourth-order valence-corrected chi connectivity index (χ4v) is 2.20. The van der Waals surface area contributed by atoms with Gasteiger partial charge in [0.15, 0.2) is 0 Å². The van der Waals surface area contributed by atoms with Crippen LogP contribution in [0.5, 0.6) is 5.75 Å². The summed E-state index contributed by atoms with van der Waals surface area (Å²) in [5.74, 6) is 0.758. The molecule has 5 nitrogen and oxygen atoms in total. The first-order chi connectivity index (χ1) is 9.21. The Balaban J connectivity index is 2.26. The lowest BCUT2D eigenvalue weighted by molar-refractivity contribution is 0.0907. The molecule has 19 heavy (non-hydrogen) atoms. The van der Waals surface area contributed by atoms with Crippen molar-refractivity contribution in [1.82, 2.24) is 4.90 Å². The highest BCUT2D eigenvalue weighted by atomic mass is 16.5. The average molecular weight is 263 g/mol. The lowest BCUT2D eigenvalue weighted by Crippen LogP contribution is -2.39. The predicted molar refractivity (Wildman–Crippen MR) is 70.0 cm³/mol. The van der Waals surface area contributed by atoms with E-state index in [9.17, 15) is 9.90 Å². The van der Waals surface area contributed by atoms with Gasteiger partial charge in [-0.15, -0.1) is 0 Å². The number of methoxy groups -OCH3 is 2. The molecule has 2 rings (SSSR count). The normalized spacial score (nSPS) is 21.5. The van der Waals surface area contributed by atoms with E-state index in [1.807, 2.05) is 36.4 Å². The Hall–Kier alpha value is -2.01. The summed E-state index contributed by atoms with van der Waals surface area (Å²) in [7, 11) is 2.94. The summed E-state index contributed by atoms with van der Waals surface area (Å²) in [5, 5.41) is 9.31. The lowest BCUT2D eigenvalue weighted by atomic mass is 10.1. The van der Waals surface area contributed by atoms with Crippen molar-refractivity contribution in [2.45, 2.75) is 12.1 Å². The van der Waals surface area contributed by atoms with Crippen LogP contribution >= 0.6 is 0 Å². The summed E-state index contributed by atoms with van der Waals surface area (Å²) in [6.07, 6.45) is 3.25. The summed E-state index contributed by atoms with van der Waals surface area (Å²) in [4.78, 5) is 13.3. The van der Waals surface area contributed by atoms with E-state index < -0.39 is 6.09 Å². The van der Waals surface area contributed by atoms with E-state index in [0.717, 1.165) is 11.3 Å². The van der Waals surface area contributed by atoms with Crippen LogP contribution in [0.1, 0.15) is 11.6 Å². The molecule has 1 aromatic rings. The van der Waals surface area contributed by atoms with Crippen molar-refractivity contribution in [2.75, 3.05) is 20.8 Å². The minimum absolute atomic E-state index is 0.127. The maximum Gasteiger partial charge on any atom is 0.410 e. The van der Waals surface area contributed by atoms with Gasteiger partial charge in [0, 0.05) is 0 Å². The molecule has 0 aliphatic carbocycles. The van der Waals surface area contributed by atoms with Gasteiger partial charge >= 0.3 is 6.09 Å². The van der Waals surface area contributed by atoms with Gasteiger partial charge in [0.1, 0.15) is 5.75 Å². The molecule has 0 fully saturated rings. The lowest BCUT2D eigenvalue weighted by Gasteiger charge is -2.28. The number of aliphatic hydroxyl groups excluding tert-OH is 1. The molecule has 5 heteroatoms. The van der Waals surface area contributed by atoms with Crippen LogP contribution in [0.2, 0.25) is 0 Å². The first-order valence-corrected chi connectivity index (χ1v) is 6.00. The quantitative estimate of drug-likeness (QED) is 0.844. The smallest absolute Gasteiger partial charge is 0.410 e. The van der Waals surface area contributed by atoms with Crippen molar-refractivity contribution in [3.8, 4) is 5.75 Å². The highest BCUT2D eigenvalue weighted by Crippen LogP contribution is 2.31. The van der Waals surface area contributed by atoms with E-state index in [4.69, 9.17) is 9.47 Å². The summed E-state index contributed by atoms with van der Waals surface area (Å²) in [6, 6.07) is 6.89. The van der Waals surface area contributed by atoms with Crippen LogP contribution in [0, 0.1) is 0 Å². The molecule has 1 aliphatic heterocycles. The van der Waals surface area contributed by atoms with Gasteiger partial charge in [-0.1, -0.05) is 24.3 Å². The SMILES string of the molecule is COC(=O)N1[C@@H](c2ccc(OC)cc2)C=C[C@H]1CO. The number of aliphatic hydroxyl groups is 1. The molecule has 1 heterocycles. The molecule has 0 saturated heterocycles. The monoisotopic (exact) mass is 263 g/mol. The largest absolute Gasteiger partial charge is 0.497 e. The maximum atomic E-state index is 11.8. The van der Waals surface area contributed by atoms with Crippen LogP contribution in [0.3, 0.4) is 0 Å². The summed E-state index contributed by atoms with van der Waals surface area (Å²) >= 11 is 0. The van der Waals surface area contributed by atoms with E-state index >= 15 is 0 Å². The third-order valence-electron chi connectivity index (χ3n) is 3.20. The molecule has 102 valence electrons. The fourth-order valence-electron chi connectivity index (χ4n) is 2.20. The van der Waals surface area contributed by atoms with E-state index in [1.165, 1.54) is 12.0 Å². The van der Waals surface area contributed by atoms with Crippen molar-refractivity contribution >= 4 is 6.09 Å². The Labute approximate surface area is 112 Å². The first kappa shape index (κ1) is 13.4. The molecule has 1 aliphatic rings. The van der Waals surface area contributed by atoms with Gasteiger partial charge in [0.2, 0.25) is 0 Å². The first-order valence-electron chi connectivity index (χ1n) is 6.00. The molecule has 0 spiro atoms. The highest BCUT2D eigenvalue weighted by Gasteiger charge is 2.33. The number of ether oxygens (including phenoxy) is 2. The third kappa shape index (κ3) is 2.56. The minimum atomic E-state index is -0.454. The maximum absolute atomic E-state index is 11.8. The van der Waals surface area contributed by atoms with Gasteiger partial charge in [-0.25, -0.2) is 4.79 Å². The molecule has 1 aromatic carbocycles. The van der Waals surface area contributed by atoms with Gasteiger partial charge in [0.25, 0.3) is 0 Å². The molecule has 0 bridgehead atoms. The van der Waals surface area contributed by atoms with Gasteiger partial charge in [-0.3, -0.25) is 4.90 Å². The number of amides is 1. The van der Waals surface area contributed by atoms with Crippen molar-refractivity contribution < 1.29 is 19.4 Å². The number of carbonyl (C=O) groups is 1. The van der Waals surface area contributed by atoms with E-state index in [2.05, 4.69) is 0 Å². The molecule has 1 amide bonds. The molecule has 0 aromatic heterocycles. The Morgan fingerprint density at radius 1 is 1.26 bits per heavy atom. The van der Waals surface area contributed by atoms with E-state index in [-0.39, 0.29) is 18.7 Å². The molecule has 0 radical (unpaired) electrons. The number of hydrogen-bond donors (Lipinski definition) is 1. The molecule has 1 N–H and O–H groups in total. The average Bonchev–Trinajstić information content (AvgIpc) is 2.90. The third-order valence-corrected chi connectivity index (χ3v) is 3.20. The highest BCUT2D eigenvalue weighted by molar-refractivity contribution is 5.70. The van der Waals surface area contributed by atoms with Crippen LogP contribution in [0.25, 0.3) is 0 Å². The Morgan fingerprint density at radius 2 is 1.95 bits per heavy atom. The Morgan fingerprint density at radius 3 is 2.47 bits per heavy atom. The zero-order valence-electron chi connectivity index (χ0n) is 10.9. The van der Waals surface area contributed by atoms with Crippen LogP contribution in [0.4, 0.5) is 4.79 Å². The number of rotatable bonds is 3. The zero-order chi connectivity index (χ0) is 13.8. The van der Waals surface area contributed by atoms with Crippen molar-refractivity contribution in [2.24, 2.45) is 0 Å². The zero-order valence-corrected chi connectivity index (χ0v) is 10.9. The van der Waals surface area contributed by atoms with Crippen molar-refractivity contribution in [3.05, 3.63) is 42.0 Å². The van der Waals surface area contributed by atoms with Gasteiger partial charge in [-0.05, 0) is 17.7 Å². The van der Waals surface area contributed by atoms with Gasteiger partial charge in [0.05, 0.1) is 32.9 Å². The number of carbonyl (C=O) groups excluding carboxylic acids is 1. The number of nitrogens with zero attached hydrogens (tertiary/aromatic N) is 1. The number of benzene rings is 1. The summed E-state index contributed by atoms with van der Waals surface area (Å²) in [5.41, 5.74) is 0.943. The Kier molecular flexibility index (Phi) is 4.06. The molecule has 0 saturated carbocycles. The van der Waals surface area contributed by atoms with Gasteiger partial charge in [-0.2, -0.15) is 0 Å². The van der Waals surface area contributed by atoms with E-state index in [0.29, 0.717) is 0 Å². The fraction of sp³-hybridized carbons (Fsp3) is 0.357. The minimum Gasteiger partial charge on any atom is -0.497 e. The summed E-state index contributed by atoms with van der Waals surface area (Å²) in [6.45, 7) is -0.127. The molecule has 0 unspecified atom stereocenters. The van der Waals surface area contributed by atoms with Gasteiger partial charge < -0.3 is 14.6 Å². The van der Waals surface area contributed by atoms with Crippen LogP contribution in [-0.4, -0.2) is 43.0 Å². The van der Waals surface area contributed by atoms with E-state index in [1.54, 1.807) is 7.11 Å². The Bertz CT molecular complexity index is 469. The molecular formula is C14H17NO4. The number of hydrogen-bond acceptors (Lipinski definition) is 4. The van der Waals surface area contributed by atoms with Crippen LogP contribution in [-0.2, 0) is 4.74 Å². The van der Waals surface area contributed by atoms with Crippen molar-refractivity contribution in [3.63, 3.8) is 0 Å². The molecular weight excluding hydrogens is 246 g/mol. The van der Waals surface area contributed by atoms with Crippen LogP contribution < -0.4 is 4.74 Å². The topological polar surface area (TPSA) is 59.0 Å². The summed E-state index contributed by atoms with van der Waals surface area (Å²) < 4.78 is 9.88. The van der Waals surface area contributed by atoms with Crippen LogP contribution in [0.15, 0.2) is 36.4 Å². The van der Waals surface area contributed by atoms with Crippen molar-refractivity contribution in [1.29, 1.82) is 0 Å². The standard InChI is InChI=1S/C14H17NO4/c1-18-12-6-3-10(4-7-12)13-8-5-11(9-16)15(13)14(17)19-2/h3-8,11,13,16H,9H2,1-2H3/t11-,13+/m0/s1. The second-order valence-corrected chi connectivity index (χ2v) is 4.23. The predicted octanol–water partition coefficient (Wildman–Crippen LogP) is 1.74. The second-order valence-electron chi connectivity index (χ2n) is 4.23.